The lowest BCUT2D eigenvalue weighted by molar-refractivity contribution is -0.127. The van der Waals surface area contributed by atoms with Gasteiger partial charge in [0, 0.05) is 12.6 Å². The molecule has 2 aromatic rings. The van der Waals surface area contributed by atoms with Crippen LogP contribution in [-0.4, -0.2) is 27.5 Å². The Balaban J connectivity index is 1.94. The highest BCUT2D eigenvalue weighted by molar-refractivity contribution is 7.92. The maximum atomic E-state index is 13.1. The van der Waals surface area contributed by atoms with Crippen molar-refractivity contribution in [2.24, 2.45) is 11.3 Å². The number of fused-ring (bicyclic) bond motifs is 1. The van der Waals surface area contributed by atoms with Crippen LogP contribution in [0.25, 0.3) is 0 Å². The van der Waals surface area contributed by atoms with Gasteiger partial charge in [0.05, 0.1) is 21.7 Å². The fourth-order valence-corrected chi connectivity index (χ4v) is 4.55. The molecule has 31 heavy (non-hydrogen) atoms. The number of hydrogen-bond donors (Lipinski definition) is 1. The average Bonchev–Trinajstić information content (AvgIpc) is 2.77. The normalized spacial score (nSPS) is 16.0. The van der Waals surface area contributed by atoms with Gasteiger partial charge in [0.15, 0.2) is 0 Å². The van der Waals surface area contributed by atoms with E-state index in [1.807, 2.05) is 27.7 Å². The monoisotopic (exact) mass is 444 g/mol. The Labute approximate surface area is 185 Å². The number of nitrogens with zero attached hydrogens (tertiary/aromatic N) is 1. The van der Waals surface area contributed by atoms with Crippen LogP contribution in [-0.2, 0) is 14.8 Å². The number of benzene rings is 2. The van der Waals surface area contributed by atoms with Crippen molar-refractivity contribution in [1.82, 2.24) is 0 Å². The fourth-order valence-electron chi connectivity index (χ4n) is 3.42. The van der Waals surface area contributed by atoms with E-state index in [4.69, 9.17) is 4.74 Å². The van der Waals surface area contributed by atoms with E-state index in [0.29, 0.717) is 29.6 Å². The van der Waals surface area contributed by atoms with E-state index < -0.39 is 15.4 Å². The first-order chi connectivity index (χ1) is 14.4. The number of nitrogens with one attached hydrogen (secondary N) is 1. The lowest BCUT2D eigenvalue weighted by Gasteiger charge is -2.28. The molecule has 7 heteroatoms. The molecule has 0 aromatic heterocycles. The second kappa shape index (κ2) is 8.54. The van der Waals surface area contributed by atoms with Crippen LogP contribution in [0.4, 0.5) is 11.4 Å². The van der Waals surface area contributed by atoms with Crippen molar-refractivity contribution in [3.63, 3.8) is 0 Å². The third kappa shape index (κ3) is 5.03. The number of rotatable bonds is 6. The van der Waals surface area contributed by atoms with Gasteiger partial charge in [-0.15, -0.1) is 0 Å². The van der Waals surface area contributed by atoms with Gasteiger partial charge in [-0.05, 0) is 75.4 Å². The molecule has 1 N–H and O–H groups in total. The number of anilines is 2. The summed E-state index contributed by atoms with van der Waals surface area (Å²) in [6.45, 7) is 12.6. The molecule has 0 radical (unpaired) electrons. The summed E-state index contributed by atoms with van der Waals surface area (Å²) in [7, 11) is -3.74. The summed E-state index contributed by atoms with van der Waals surface area (Å²) in [6.07, 6.45) is 0.864. The van der Waals surface area contributed by atoms with E-state index in [9.17, 15) is 13.2 Å². The van der Waals surface area contributed by atoms with Crippen LogP contribution in [0.5, 0.6) is 5.75 Å². The van der Waals surface area contributed by atoms with E-state index >= 15 is 0 Å². The number of amides is 1. The van der Waals surface area contributed by atoms with Crippen LogP contribution < -0.4 is 14.4 Å². The predicted molar refractivity (Wildman–Crippen MR) is 124 cm³/mol. The maximum absolute atomic E-state index is 13.1. The summed E-state index contributed by atoms with van der Waals surface area (Å²) in [6, 6.07) is 10.1. The number of hydrogen-bond acceptors (Lipinski definition) is 4. The first-order valence-corrected chi connectivity index (χ1v) is 12.1. The lowest BCUT2D eigenvalue weighted by Crippen LogP contribution is -2.42. The molecule has 168 valence electrons. The summed E-state index contributed by atoms with van der Waals surface area (Å²) in [5.74, 6) is 0.964. The van der Waals surface area contributed by atoms with Crippen molar-refractivity contribution >= 4 is 27.3 Å². The first-order valence-electron chi connectivity index (χ1n) is 10.6. The third-order valence-electron chi connectivity index (χ3n) is 5.63. The van der Waals surface area contributed by atoms with Crippen molar-refractivity contribution in [3.8, 4) is 5.75 Å². The SMILES string of the molecule is Cc1ccc(S(=O)(=O)Nc2ccc3c(c2)OCC(C)(C)C(=O)N3CCC(C)C)cc1C. The average molecular weight is 445 g/mol. The Morgan fingerprint density at radius 1 is 1.10 bits per heavy atom. The molecular weight excluding hydrogens is 412 g/mol. The summed E-state index contributed by atoms with van der Waals surface area (Å²) in [4.78, 5) is 15.1. The van der Waals surface area contributed by atoms with E-state index in [2.05, 4.69) is 18.6 Å². The third-order valence-corrected chi connectivity index (χ3v) is 7.01. The van der Waals surface area contributed by atoms with E-state index in [0.717, 1.165) is 17.5 Å². The summed E-state index contributed by atoms with van der Waals surface area (Å²) >= 11 is 0. The van der Waals surface area contributed by atoms with Gasteiger partial charge >= 0.3 is 0 Å². The minimum Gasteiger partial charge on any atom is -0.490 e. The van der Waals surface area contributed by atoms with Crippen LogP contribution in [0.1, 0.15) is 45.2 Å². The zero-order valence-corrected chi connectivity index (χ0v) is 20.0. The lowest BCUT2D eigenvalue weighted by atomic mass is 9.92. The molecule has 0 fully saturated rings. The summed E-state index contributed by atoms with van der Waals surface area (Å²) in [5, 5.41) is 0. The van der Waals surface area contributed by atoms with Gasteiger partial charge in [-0.2, -0.15) is 0 Å². The zero-order chi connectivity index (χ0) is 23.0. The van der Waals surface area contributed by atoms with Crippen LogP contribution in [0, 0.1) is 25.2 Å². The first kappa shape index (κ1) is 23.1. The van der Waals surface area contributed by atoms with Gasteiger partial charge in [-0.3, -0.25) is 9.52 Å². The second-order valence-corrected chi connectivity index (χ2v) is 11.0. The predicted octanol–water partition coefficient (Wildman–Crippen LogP) is 4.90. The molecule has 0 atom stereocenters. The van der Waals surface area contributed by atoms with E-state index in [-0.39, 0.29) is 17.4 Å². The van der Waals surface area contributed by atoms with Crippen LogP contribution in [0.3, 0.4) is 0 Å². The van der Waals surface area contributed by atoms with E-state index in [1.54, 1.807) is 41.3 Å². The number of sulfonamides is 1. The number of aryl methyl sites for hydroxylation is 2. The van der Waals surface area contributed by atoms with Crippen LogP contribution in [0.2, 0.25) is 0 Å². The van der Waals surface area contributed by atoms with Gasteiger partial charge in [-0.1, -0.05) is 19.9 Å². The van der Waals surface area contributed by atoms with Crippen molar-refractivity contribution in [2.45, 2.75) is 52.9 Å². The van der Waals surface area contributed by atoms with Crippen molar-refractivity contribution in [1.29, 1.82) is 0 Å². The molecule has 0 unspecified atom stereocenters. The van der Waals surface area contributed by atoms with Gasteiger partial charge in [-0.25, -0.2) is 8.42 Å². The molecule has 0 saturated carbocycles. The largest absolute Gasteiger partial charge is 0.490 e. The molecule has 1 amide bonds. The molecule has 6 nitrogen and oxygen atoms in total. The van der Waals surface area contributed by atoms with Crippen molar-refractivity contribution in [3.05, 3.63) is 47.5 Å². The Bertz CT molecular complexity index is 1090. The van der Waals surface area contributed by atoms with E-state index in [1.165, 1.54) is 0 Å². The zero-order valence-electron chi connectivity index (χ0n) is 19.2. The standard InChI is InChI=1S/C24H32N2O4S/c1-16(2)11-12-26-21-10-8-19(14-22(21)30-15-24(5,6)23(26)27)25-31(28,29)20-9-7-17(3)18(4)13-20/h7-10,13-14,16,25H,11-12,15H2,1-6H3. The maximum Gasteiger partial charge on any atom is 0.261 e. The van der Waals surface area contributed by atoms with Gasteiger partial charge in [0.2, 0.25) is 5.91 Å². The Morgan fingerprint density at radius 3 is 2.45 bits per heavy atom. The Kier molecular flexibility index (Phi) is 6.37. The van der Waals surface area contributed by atoms with Crippen molar-refractivity contribution < 1.29 is 17.9 Å². The number of carbonyl (C=O) groups is 1. The molecule has 0 bridgehead atoms. The van der Waals surface area contributed by atoms with Crippen LogP contribution in [0.15, 0.2) is 41.3 Å². The molecule has 0 spiro atoms. The summed E-state index contributed by atoms with van der Waals surface area (Å²) in [5.41, 5.74) is 2.34. The fraction of sp³-hybridized carbons (Fsp3) is 0.458. The summed E-state index contributed by atoms with van der Waals surface area (Å²) < 4.78 is 34.4. The van der Waals surface area contributed by atoms with Gasteiger partial charge < -0.3 is 9.64 Å². The number of carbonyl (C=O) groups excluding carboxylic acids is 1. The number of ether oxygens (including phenoxy) is 1. The molecule has 0 aliphatic carbocycles. The smallest absolute Gasteiger partial charge is 0.261 e. The van der Waals surface area contributed by atoms with Crippen LogP contribution >= 0.6 is 0 Å². The molecular formula is C24H32N2O4S. The highest BCUT2D eigenvalue weighted by Crippen LogP contribution is 2.39. The quantitative estimate of drug-likeness (QED) is 0.687. The minimum absolute atomic E-state index is 0.00959. The highest BCUT2D eigenvalue weighted by Gasteiger charge is 2.37. The molecule has 0 saturated heterocycles. The Morgan fingerprint density at radius 2 is 1.81 bits per heavy atom. The van der Waals surface area contributed by atoms with Gasteiger partial charge in [0.1, 0.15) is 12.4 Å². The molecule has 3 rings (SSSR count). The second-order valence-electron chi connectivity index (χ2n) is 9.35. The molecule has 1 aliphatic heterocycles. The van der Waals surface area contributed by atoms with Crippen molar-refractivity contribution in [2.75, 3.05) is 22.8 Å². The molecule has 2 aromatic carbocycles. The van der Waals surface area contributed by atoms with Gasteiger partial charge in [0.25, 0.3) is 10.0 Å². The highest BCUT2D eigenvalue weighted by atomic mass is 32.2. The topological polar surface area (TPSA) is 75.7 Å². The molecule has 1 aliphatic rings. The molecule has 1 heterocycles. The minimum atomic E-state index is -3.74. The Hall–Kier alpha value is -2.54.